The molecule has 0 saturated heterocycles. The summed E-state index contributed by atoms with van der Waals surface area (Å²) in [5.41, 5.74) is 5.17. The van der Waals surface area contributed by atoms with E-state index in [-0.39, 0.29) is 11.7 Å². The highest BCUT2D eigenvalue weighted by atomic mass is 32.2. The number of carbonyl (C=O) groups excluding carboxylic acids is 1. The number of hydrogen-bond acceptors (Lipinski definition) is 6. The molecule has 27 heavy (non-hydrogen) atoms. The molecule has 0 aliphatic carbocycles. The van der Waals surface area contributed by atoms with Crippen molar-refractivity contribution in [3.8, 4) is 11.5 Å². The van der Waals surface area contributed by atoms with E-state index < -0.39 is 0 Å². The van der Waals surface area contributed by atoms with Gasteiger partial charge in [-0.15, -0.1) is 0 Å². The minimum Gasteiger partial charge on any atom is -0.497 e. The topological polar surface area (TPSA) is 77.7 Å². The Labute approximate surface area is 161 Å². The Bertz CT molecular complexity index is 984. The van der Waals surface area contributed by atoms with Crippen LogP contribution in [0.15, 0.2) is 52.7 Å². The third-order valence-corrected chi connectivity index (χ3v) is 4.94. The Kier molecular flexibility index (Phi) is 5.97. The minimum absolute atomic E-state index is 0.212. The van der Waals surface area contributed by atoms with Gasteiger partial charge in [-0.25, -0.2) is 10.4 Å². The van der Waals surface area contributed by atoms with Gasteiger partial charge in [0.05, 0.1) is 37.2 Å². The Hall–Kier alpha value is -3.00. The molecule has 2 aromatic carbocycles. The number of rotatable bonds is 7. The number of fused-ring (bicyclic) bond motifs is 1. The maximum Gasteiger partial charge on any atom is 0.250 e. The van der Waals surface area contributed by atoms with Crippen LogP contribution in [-0.2, 0) is 11.8 Å². The summed E-state index contributed by atoms with van der Waals surface area (Å²) >= 11 is 1.36. The molecule has 0 spiro atoms. The highest BCUT2D eigenvalue weighted by Crippen LogP contribution is 2.23. The number of thioether (sulfide) groups is 1. The van der Waals surface area contributed by atoms with Crippen molar-refractivity contribution in [1.82, 2.24) is 15.0 Å². The van der Waals surface area contributed by atoms with E-state index in [4.69, 9.17) is 9.47 Å². The molecule has 0 aliphatic rings. The first-order valence-electron chi connectivity index (χ1n) is 8.20. The lowest BCUT2D eigenvalue weighted by molar-refractivity contribution is -0.118. The molecule has 1 amide bonds. The fraction of sp³-hybridized carbons (Fsp3) is 0.211. The van der Waals surface area contributed by atoms with Gasteiger partial charge in [-0.1, -0.05) is 23.9 Å². The van der Waals surface area contributed by atoms with Crippen molar-refractivity contribution in [2.45, 2.75) is 5.16 Å². The van der Waals surface area contributed by atoms with Crippen LogP contribution in [-0.4, -0.2) is 41.6 Å². The summed E-state index contributed by atoms with van der Waals surface area (Å²) in [6.07, 6.45) is 1.53. The van der Waals surface area contributed by atoms with E-state index in [9.17, 15) is 4.79 Å². The second-order valence-electron chi connectivity index (χ2n) is 5.63. The molecule has 0 unspecified atom stereocenters. The third kappa shape index (κ3) is 4.40. The van der Waals surface area contributed by atoms with Crippen LogP contribution >= 0.6 is 11.8 Å². The molecule has 0 saturated carbocycles. The first kappa shape index (κ1) is 18.8. The van der Waals surface area contributed by atoms with Gasteiger partial charge < -0.3 is 14.0 Å². The number of amides is 1. The van der Waals surface area contributed by atoms with Gasteiger partial charge in [0.15, 0.2) is 5.16 Å². The lowest BCUT2D eigenvalue weighted by atomic mass is 10.2. The number of ether oxygens (including phenoxy) is 2. The van der Waals surface area contributed by atoms with Crippen molar-refractivity contribution in [2.75, 3.05) is 20.0 Å². The van der Waals surface area contributed by atoms with Crippen LogP contribution in [0.2, 0.25) is 0 Å². The van der Waals surface area contributed by atoms with Crippen LogP contribution in [0.1, 0.15) is 5.56 Å². The van der Waals surface area contributed by atoms with Gasteiger partial charge in [-0.2, -0.15) is 5.10 Å². The van der Waals surface area contributed by atoms with E-state index in [0.717, 1.165) is 16.2 Å². The van der Waals surface area contributed by atoms with Crippen LogP contribution < -0.4 is 14.9 Å². The standard InChI is InChI=1S/C19H20N4O3S/c1-23-16-7-5-4-6-15(16)21-19(23)27-12-18(24)22-20-11-13-10-14(25-2)8-9-17(13)26-3/h4-11H,12H2,1-3H3,(H,22,24). The van der Waals surface area contributed by atoms with Crippen molar-refractivity contribution in [1.29, 1.82) is 0 Å². The Morgan fingerprint density at radius 2 is 2.07 bits per heavy atom. The minimum atomic E-state index is -0.217. The fourth-order valence-corrected chi connectivity index (χ4v) is 3.31. The van der Waals surface area contributed by atoms with Crippen LogP contribution in [0, 0.1) is 0 Å². The average molecular weight is 384 g/mol. The number of nitrogens with zero attached hydrogens (tertiary/aromatic N) is 3. The monoisotopic (exact) mass is 384 g/mol. The summed E-state index contributed by atoms with van der Waals surface area (Å²) in [6.45, 7) is 0. The molecular formula is C19H20N4O3S. The summed E-state index contributed by atoms with van der Waals surface area (Å²) in [5, 5.41) is 4.78. The second-order valence-corrected chi connectivity index (χ2v) is 6.57. The van der Waals surface area contributed by atoms with Crippen LogP contribution in [0.4, 0.5) is 0 Å². The smallest absolute Gasteiger partial charge is 0.250 e. The number of hydrazone groups is 1. The van der Waals surface area contributed by atoms with E-state index in [2.05, 4.69) is 15.5 Å². The van der Waals surface area contributed by atoms with E-state index in [1.807, 2.05) is 35.9 Å². The number of benzene rings is 2. The Morgan fingerprint density at radius 3 is 2.81 bits per heavy atom. The number of carbonyl (C=O) groups is 1. The predicted octanol–water partition coefficient (Wildman–Crippen LogP) is 2.83. The molecule has 0 bridgehead atoms. The van der Waals surface area contributed by atoms with Crippen LogP contribution in [0.3, 0.4) is 0 Å². The predicted molar refractivity (Wildman–Crippen MR) is 107 cm³/mol. The average Bonchev–Trinajstić information content (AvgIpc) is 3.02. The number of nitrogens with one attached hydrogen (secondary N) is 1. The molecule has 3 rings (SSSR count). The molecule has 0 atom stereocenters. The van der Waals surface area contributed by atoms with Gasteiger partial charge in [0.2, 0.25) is 0 Å². The molecule has 8 heteroatoms. The molecule has 140 valence electrons. The quantitative estimate of drug-likeness (QED) is 0.385. The lowest BCUT2D eigenvalue weighted by Gasteiger charge is -2.06. The first-order valence-corrected chi connectivity index (χ1v) is 9.19. The van der Waals surface area contributed by atoms with Gasteiger partial charge in [-0.05, 0) is 30.3 Å². The first-order chi connectivity index (χ1) is 13.1. The Balaban J connectivity index is 1.59. The summed E-state index contributed by atoms with van der Waals surface area (Å²) in [6, 6.07) is 13.2. The van der Waals surface area contributed by atoms with Gasteiger partial charge in [0, 0.05) is 12.6 Å². The highest BCUT2D eigenvalue weighted by Gasteiger charge is 2.10. The van der Waals surface area contributed by atoms with E-state index in [1.165, 1.54) is 18.0 Å². The summed E-state index contributed by atoms with van der Waals surface area (Å²) in [4.78, 5) is 16.6. The maximum atomic E-state index is 12.1. The van der Waals surface area contributed by atoms with Gasteiger partial charge >= 0.3 is 0 Å². The van der Waals surface area contributed by atoms with E-state index >= 15 is 0 Å². The largest absolute Gasteiger partial charge is 0.497 e. The number of imidazole rings is 1. The summed E-state index contributed by atoms with van der Waals surface area (Å²) in [5.74, 6) is 1.32. The zero-order valence-corrected chi connectivity index (χ0v) is 16.1. The number of aromatic nitrogens is 2. The van der Waals surface area contributed by atoms with E-state index in [0.29, 0.717) is 17.1 Å². The molecule has 1 aromatic heterocycles. The molecule has 3 aromatic rings. The maximum absolute atomic E-state index is 12.1. The van der Waals surface area contributed by atoms with Crippen molar-refractivity contribution in [3.05, 3.63) is 48.0 Å². The van der Waals surface area contributed by atoms with E-state index in [1.54, 1.807) is 32.4 Å². The van der Waals surface area contributed by atoms with Crippen LogP contribution in [0.5, 0.6) is 11.5 Å². The van der Waals surface area contributed by atoms with Gasteiger partial charge in [0.25, 0.3) is 5.91 Å². The Morgan fingerprint density at radius 1 is 1.26 bits per heavy atom. The molecule has 7 nitrogen and oxygen atoms in total. The fourth-order valence-electron chi connectivity index (χ4n) is 2.53. The molecular weight excluding hydrogens is 364 g/mol. The molecule has 0 aliphatic heterocycles. The number of para-hydroxylation sites is 2. The summed E-state index contributed by atoms with van der Waals surface area (Å²) < 4.78 is 12.4. The SMILES string of the molecule is COc1ccc(OC)c(C=NNC(=O)CSc2nc3ccccc3n2C)c1. The zero-order chi connectivity index (χ0) is 19.2. The normalized spacial score (nSPS) is 11.1. The summed E-state index contributed by atoms with van der Waals surface area (Å²) in [7, 11) is 5.09. The van der Waals surface area contributed by atoms with Crippen molar-refractivity contribution in [2.24, 2.45) is 12.1 Å². The molecule has 0 fully saturated rings. The highest BCUT2D eigenvalue weighted by molar-refractivity contribution is 7.99. The van der Waals surface area contributed by atoms with Crippen molar-refractivity contribution >= 4 is 34.9 Å². The number of hydrogen-bond donors (Lipinski definition) is 1. The van der Waals surface area contributed by atoms with Gasteiger partial charge in [-0.3, -0.25) is 4.79 Å². The molecule has 0 radical (unpaired) electrons. The number of methoxy groups -OCH3 is 2. The van der Waals surface area contributed by atoms with Crippen LogP contribution in [0.25, 0.3) is 11.0 Å². The van der Waals surface area contributed by atoms with Gasteiger partial charge in [0.1, 0.15) is 11.5 Å². The second kappa shape index (κ2) is 8.59. The number of aryl methyl sites for hydroxylation is 1. The molecule has 1 N–H and O–H groups in total. The van der Waals surface area contributed by atoms with Crippen molar-refractivity contribution < 1.29 is 14.3 Å². The molecule has 1 heterocycles. The van der Waals surface area contributed by atoms with Crippen molar-refractivity contribution in [3.63, 3.8) is 0 Å². The lowest BCUT2D eigenvalue weighted by Crippen LogP contribution is -2.20. The zero-order valence-electron chi connectivity index (χ0n) is 15.3. The third-order valence-electron chi connectivity index (χ3n) is 3.91.